The van der Waals surface area contributed by atoms with E-state index in [-0.39, 0.29) is 29.7 Å². The van der Waals surface area contributed by atoms with Crippen LogP contribution in [0, 0.1) is 0 Å². The Hall–Kier alpha value is -3.62. The molecule has 41 heavy (non-hydrogen) atoms. The van der Waals surface area contributed by atoms with Crippen molar-refractivity contribution in [2.75, 3.05) is 13.1 Å². The number of rotatable bonds is 6. The number of aliphatic hydroxyl groups is 1. The van der Waals surface area contributed by atoms with Gasteiger partial charge in [0.25, 0.3) is 5.91 Å². The Balaban J connectivity index is 1.56. The second-order valence-corrected chi connectivity index (χ2v) is 9.84. The zero-order valence-electron chi connectivity index (χ0n) is 22.2. The van der Waals surface area contributed by atoms with Crippen LogP contribution >= 0.6 is 0 Å². The van der Waals surface area contributed by atoms with Crippen LogP contribution in [0.2, 0.25) is 0 Å². The standard InChI is InChI=1S/C27H27F6N5O3/c1-14-12-38(13-15(2)41-14)25(40)17-4-5-21(36-11-17)23-22(34-6-7-35-23)16(3)37-24(39)18-8-19(26(28,29)30)10-20(9-18)27(31,32)33/h4-11,14-16,25,40H,12-13H2,1-3H3,(H,37,39)/t14-,15+,16?,25?. The number of nitrogens with one attached hydrogen (secondary N) is 1. The molecule has 1 aromatic carbocycles. The number of halogens is 6. The van der Waals surface area contributed by atoms with Crippen LogP contribution in [-0.2, 0) is 17.1 Å². The summed E-state index contributed by atoms with van der Waals surface area (Å²) in [7, 11) is 0. The maximum absolute atomic E-state index is 13.2. The summed E-state index contributed by atoms with van der Waals surface area (Å²) < 4.78 is 85.1. The van der Waals surface area contributed by atoms with Gasteiger partial charge in [0.1, 0.15) is 11.9 Å². The van der Waals surface area contributed by atoms with Crippen LogP contribution in [0.1, 0.15) is 65.8 Å². The van der Waals surface area contributed by atoms with Crippen molar-refractivity contribution in [2.45, 2.75) is 57.6 Å². The Morgan fingerprint density at radius 2 is 1.56 bits per heavy atom. The lowest BCUT2D eigenvalue weighted by molar-refractivity contribution is -0.143. The minimum Gasteiger partial charge on any atom is -0.374 e. The summed E-state index contributed by atoms with van der Waals surface area (Å²) in [6.07, 6.45) is -7.07. The fourth-order valence-electron chi connectivity index (χ4n) is 4.62. The van der Waals surface area contributed by atoms with E-state index in [1.807, 2.05) is 18.7 Å². The van der Waals surface area contributed by atoms with E-state index < -0.39 is 47.2 Å². The van der Waals surface area contributed by atoms with Crippen LogP contribution < -0.4 is 5.32 Å². The molecule has 0 saturated carbocycles. The van der Waals surface area contributed by atoms with E-state index in [2.05, 4.69) is 20.3 Å². The van der Waals surface area contributed by atoms with Gasteiger partial charge in [-0.15, -0.1) is 0 Å². The Morgan fingerprint density at radius 3 is 2.10 bits per heavy atom. The number of alkyl halides is 6. The van der Waals surface area contributed by atoms with Gasteiger partial charge >= 0.3 is 12.4 Å². The number of pyridine rings is 1. The molecule has 2 aromatic heterocycles. The third kappa shape index (κ3) is 7.18. The van der Waals surface area contributed by atoms with Crippen LogP contribution in [-0.4, -0.2) is 56.2 Å². The summed E-state index contributed by atoms with van der Waals surface area (Å²) in [5.74, 6) is -1.16. The summed E-state index contributed by atoms with van der Waals surface area (Å²) in [4.78, 5) is 27.5. The molecule has 3 heterocycles. The number of morpholine rings is 1. The van der Waals surface area contributed by atoms with Gasteiger partial charge in [-0.2, -0.15) is 26.3 Å². The summed E-state index contributed by atoms with van der Waals surface area (Å²) in [5, 5.41) is 13.2. The molecule has 1 saturated heterocycles. The highest BCUT2D eigenvalue weighted by Gasteiger charge is 2.37. The first-order valence-electron chi connectivity index (χ1n) is 12.6. The summed E-state index contributed by atoms with van der Waals surface area (Å²) in [6, 6.07) is 2.94. The van der Waals surface area contributed by atoms with Crippen LogP contribution in [0.4, 0.5) is 26.3 Å². The predicted octanol–water partition coefficient (Wildman–Crippen LogP) is 5.17. The molecule has 3 aromatic rings. The first-order chi connectivity index (χ1) is 19.1. The lowest BCUT2D eigenvalue weighted by Crippen LogP contribution is -2.46. The largest absolute Gasteiger partial charge is 0.416 e. The van der Waals surface area contributed by atoms with E-state index in [9.17, 15) is 36.2 Å². The molecular formula is C27H27F6N5O3. The number of amides is 1. The first-order valence-corrected chi connectivity index (χ1v) is 12.6. The van der Waals surface area contributed by atoms with Crippen molar-refractivity contribution in [1.29, 1.82) is 0 Å². The second kappa shape index (κ2) is 11.7. The van der Waals surface area contributed by atoms with Crippen LogP contribution in [0.5, 0.6) is 0 Å². The third-order valence-electron chi connectivity index (χ3n) is 6.46. The number of nitrogens with zero attached hydrogens (tertiary/aromatic N) is 4. The van der Waals surface area contributed by atoms with E-state index in [1.165, 1.54) is 25.5 Å². The van der Waals surface area contributed by atoms with Gasteiger partial charge in [-0.25, -0.2) is 0 Å². The van der Waals surface area contributed by atoms with Crippen molar-refractivity contribution in [3.8, 4) is 11.4 Å². The van der Waals surface area contributed by atoms with Crippen molar-refractivity contribution < 1.29 is 41.0 Å². The van der Waals surface area contributed by atoms with Gasteiger partial charge in [0.2, 0.25) is 0 Å². The third-order valence-corrected chi connectivity index (χ3v) is 6.46. The SMILES string of the molecule is CC(NC(=O)c1cc(C(F)(F)F)cc(C(F)(F)F)c1)c1nccnc1-c1ccc(C(O)N2C[C@@H](C)O[C@@H](C)C2)cn1. The molecule has 1 fully saturated rings. The highest BCUT2D eigenvalue weighted by atomic mass is 19.4. The molecule has 0 bridgehead atoms. The number of hydrogen-bond donors (Lipinski definition) is 2. The van der Waals surface area contributed by atoms with Gasteiger partial charge in [-0.1, -0.05) is 6.07 Å². The first kappa shape index (κ1) is 30.3. The van der Waals surface area contributed by atoms with Gasteiger partial charge in [0, 0.05) is 42.8 Å². The van der Waals surface area contributed by atoms with E-state index >= 15 is 0 Å². The van der Waals surface area contributed by atoms with E-state index in [0.717, 1.165) is 0 Å². The Bertz CT molecular complexity index is 1340. The number of hydrogen-bond acceptors (Lipinski definition) is 7. The van der Waals surface area contributed by atoms with E-state index in [4.69, 9.17) is 4.74 Å². The summed E-state index contributed by atoms with van der Waals surface area (Å²) in [5.41, 5.74) is -2.75. The van der Waals surface area contributed by atoms with E-state index in [0.29, 0.717) is 36.5 Å². The molecule has 0 spiro atoms. The number of aromatic nitrogens is 3. The zero-order valence-corrected chi connectivity index (χ0v) is 22.2. The molecular weight excluding hydrogens is 556 g/mol. The summed E-state index contributed by atoms with van der Waals surface area (Å²) in [6.45, 7) is 6.33. The molecule has 0 radical (unpaired) electrons. The Kier molecular flexibility index (Phi) is 8.66. The van der Waals surface area contributed by atoms with Crippen molar-refractivity contribution in [3.05, 3.63) is 76.9 Å². The molecule has 4 atom stereocenters. The van der Waals surface area contributed by atoms with Crippen molar-refractivity contribution in [2.24, 2.45) is 0 Å². The lowest BCUT2D eigenvalue weighted by Gasteiger charge is -2.38. The van der Waals surface area contributed by atoms with Crippen LogP contribution in [0.3, 0.4) is 0 Å². The number of benzene rings is 1. The van der Waals surface area contributed by atoms with Crippen molar-refractivity contribution in [3.63, 3.8) is 0 Å². The molecule has 2 N–H and O–H groups in total. The van der Waals surface area contributed by atoms with Gasteiger partial charge < -0.3 is 15.2 Å². The number of carbonyl (C=O) groups is 1. The van der Waals surface area contributed by atoms with Gasteiger partial charge in [-0.3, -0.25) is 24.6 Å². The molecule has 1 amide bonds. The minimum absolute atomic E-state index is 0.0481. The lowest BCUT2D eigenvalue weighted by atomic mass is 10.0. The number of aliphatic hydroxyl groups excluding tert-OH is 1. The Morgan fingerprint density at radius 1 is 0.976 bits per heavy atom. The minimum atomic E-state index is -5.09. The highest BCUT2D eigenvalue weighted by molar-refractivity contribution is 5.95. The maximum Gasteiger partial charge on any atom is 0.416 e. The van der Waals surface area contributed by atoms with Gasteiger partial charge in [-0.05, 0) is 45.0 Å². The average molecular weight is 584 g/mol. The molecule has 8 nitrogen and oxygen atoms in total. The predicted molar refractivity (Wildman–Crippen MR) is 134 cm³/mol. The van der Waals surface area contributed by atoms with Crippen LogP contribution in [0.15, 0.2) is 48.9 Å². The van der Waals surface area contributed by atoms with E-state index in [1.54, 1.807) is 12.1 Å². The topological polar surface area (TPSA) is 100 Å². The Labute approximate surface area is 231 Å². The molecule has 1 aliphatic heterocycles. The molecule has 1 aliphatic rings. The number of carbonyl (C=O) groups excluding carboxylic acids is 1. The maximum atomic E-state index is 13.2. The van der Waals surface area contributed by atoms with Crippen LogP contribution in [0.25, 0.3) is 11.4 Å². The summed E-state index contributed by atoms with van der Waals surface area (Å²) >= 11 is 0. The smallest absolute Gasteiger partial charge is 0.374 e. The highest BCUT2D eigenvalue weighted by Crippen LogP contribution is 2.36. The zero-order chi connectivity index (χ0) is 30.1. The fourth-order valence-corrected chi connectivity index (χ4v) is 4.62. The normalized spacial score (nSPS) is 20.0. The number of ether oxygens (including phenoxy) is 1. The average Bonchev–Trinajstić information content (AvgIpc) is 2.91. The fraction of sp³-hybridized carbons (Fsp3) is 0.407. The van der Waals surface area contributed by atoms with Crippen molar-refractivity contribution >= 4 is 5.91 Å². The molecule has 4 rings (SSSR count). The molecule has 2 unspecified atom stereocenters. The van der Waals surface area contributed by atoms with Gasteiger partial charge in [0.05, 0.1) is 40.8 Å². The molecule has 0 aliphatic carbocycles. The molecule has 14 heteroatoms. The monoisotopic (exact) mass is 583 g/mol. The quantitative estimate of drug-likeness (QED) is 0.387. The molecule has 220 valence electrons. The van der Waals surface area contributed by atoms with Gasteiger partial charge in [0.15, 0.2) is 0 Å². The second-order valence-electron chi connectivity index (χ2n) is 9.84. The van der Waals surface area contributed by atoms with Crippen molar-refractivity contribution in [1.82, 2.24) is 25.2 Å².